The molecule has 4 nitrogen and oxygen atoms in total. The van der Waals surface area contributed by atoms with Gasteiger partial charge in [0.05, 0.1) is 5.75 Å². The van der Waals surface area contributed by atoms with Crippen LogP contribution in [0.5, 0.6) is 0 Å². The van der Waals surface area contributed by atoms with Crippen LogP contribution < -0.4 is 35.3 Å². The van der Waals surface area contributed by atoms with E-state index in [1.165, 1.54) is 13.8 Å². The van der Waals surface area contributed by atoms with Crippen molar-refractivity contribution in [2.75, 3.05) is 5.75 Å². The van der Waals surface area contributed by atoms with Crippen LogP contribution in [0.4, 0.5) is 0 Å². The van der Waals surface area contributed by atoms with E-state index < -0.39 is 21.4 Å². The van der Waals surface area contributed by atoms with Gasteiger partial charge in [0.2, 0.25) is 0 Å². The molecule has 0 saturated carbocycles. The van der Waals surface area contributed by atoms with Crippen molar-refractivity contribution in [1.82, 2.24) is 0 Å². The third kappa shape index (κ3) is 32.2. The summed E-state index contributed by atoms with van der Waals surface area (Å²) < 4.78 is 28.5. The number of hydrogen-bond acceptors (Lipinski definition) is 3. The Morgan fingerprint density at radius 1 is 1.46 bits per heavy atom. The summed E-state index contributed by atoms with van der Waals surface area (Å²) in [6.45, 7) is 8.56. The molecule has 0 aliphatic rings. The van der Waals surface area contributed by atoms with Crippen molar-refractivity contribution in [3.63, 3.8) is 0 Å². The molecule has 0 spiro atoms. The van der Waals surface area contributed by atoms with Gasteiger partial charge in [-0.1, -0.05) is 6.92 Å². The summed E-state index contributed by atoms with van der Waals surface area (Å²) in [5.41, 5.74) is 4.43. The van der Waals surface area contributed by atoms with Crippen LogP contribution in [-0.4, -0.2) is 24.3 Å². The van der Waals surface area contributed by atoms with Crippen LogP contribution >= 0.6 is 0 Å². The van der Waals surface area contributed by atoms with Crippen LogP contribution in [-0.2, 0) is 10.1 Å². The smallest absolute Gasteiger partial charge is 0.344 e. The maximum absolute atomic E-state index is 10.1. The Hall–Kier alpha value is 0.870. The molecule has 0 radical (unpaired) electrons. The molecule has 0 aromatic carbocycles. The normalized spacial score (nSPS) is 10.9. The Morgan fingerprint density at radius 2 is 1.69 bits per heavy atom. The fourth-order valence-electron chi connectivity index (χ4n) is 0.470. The maximum Gasteiger partial charge on any atom is 1.00 e. The molecule has 0 bridgehead atoms. The van der Waals surface area contributed by atoms with Crippen molar-refractivity contribution >= 4 is 10.1 Å². The summed E-state index contributed by atoms with van der Waals surface area (Å²) in [4.78, 5) is 0. The van der Waals surface area contributed by atoms with Crippen molar-refractivity contribution in [3.8, 4) is 0 Å². The Kier molecular flexibility index (Phi) is 12.3. The molecule has 0 saturated heterocycles. The molecule has 0 heterocycles. The molecule has 0 amide bonds. The largest absolute Gasteiger partial charge is 1.00 e. The standard InChI is InChI=1S/C4H11NO3S.C3H7.Na/c1-4(2,5)3-9(6,7)8;1-3-2;/h3,5H2,1-2H3,(H,6,7,8);1,3H2,2H3;/q;-1;+1. The fraction of sp³-hybridized carbons (Fsp3) is 0.857. The van der Waals surface area contributed by atoms with Crippen molar-refractivity contribution in [2.24, 2.45) is 5.73 Å². The first-order valence-corrected chi connectivity index (χ1v) is 5.26. The predicted molar refractivity (Wildman–Crippen MR) is 50.3 cm³/mol. The second-order valence-electron chi connectivity index (χ2n) is 3.21. The summed E-state index contributed by atoms with van der Waals surface area (Å²) in [5.74, 6) is -0.403. The van der Waals surface area contributed by atoms with E-state index in [0.717, 1.165) is 6.42 Å². The molecule has 0 fully saturated rings. The molecule has 0 unspecified atom stereocenters. The quantitative estimate of drug-likeness (QED) is 0.315. The van der Waals surface area contributed by atoms with Gasteiger partial charge in [-0.15, -0.1) is 0 Å². The van der Waals surface area contributed by atoms with E-state index in [2.05, 4.69) is 6.92 Å². The minimum atomic E-state index is -3.91. The van der Waals surface area contributed by atoms with E-state index in [4.69, 9.17) is 10.3 Å². The van der Waals surface area contributed by atoms with Crippen LogP contribution in [0.25, 0.3) is 0 Å². The number of nitrogens with two attached hydrogens (primary N) is 1. The van der Waals surface area contributed by atoms with Gasteiger partial charge in [0.25, 0.3) is 10.1 Å². The van der Waals surface area contributed by atoms with Gasteiger partial charge >= 0.3 is 29.6 Å². The molecule has 76 valence electrons. The van der Waals surface area contributed by atoms with Gasteiger partial charge in [-0.25, -0.2) is 0 Å². The Bertz CT molecular complexity index is 196. The SMILES string of the molecule is CC(C)(N)CS(=O)(=O)O.[CH2-]CC.[Na+]. The number of hydrogen-bond donors (Lipinski definition) is 2. The van der Waals surface area contributed by atoms with E-state index in [-0.39, 0.29) is 29.6 Å². The van der Waals surface area contributed by atoms with Crippen LogP contribution in [0.1, 0.15) is 27.2 Å². The average molecular weight is 219 g/mol. The molecule has 6 heteroatoms. The summed E-state index contributed by atoms with van der Waals surface area (Å²) in [7, 11) is -3.91. The fourth-order valence-corrected chi connectivity index (χ4v) is 1.41. The van der Waals surface area contributed by atoms with Gasteiger partial charge in [0.1, 0.15) is 0 Å². The summed E-state index contributed by atoms with van der Waals surface area (Å²) >= 11 is 0. The van der Waals surface area contributed by atoms with E-state index in [0.29, 0.717) is 0 Å². The Labute approximate surface area is 103 Å². The third-order valence-corrected chi connectivity index (χ3v) is 1.66. The molecule has 3 N–H and O–H groups in total. The van der Waals surface area contributed by atoms with Gasteiger partial charge in [-0.2, -0.15) is 14.8 Å². The molecule has 13 heavy (non-hydrogen) atoms. The van der Waals surface area contributed by atoms with Crippen molar-refractivity contribution < 1.29 is 42.5 Å². The van der Waals surface area contributed by atoms with E-state index in [9.17, 15) is 8.42 Å². The summed E-state index contributed by atoms with van der Waals surface area (Å²) in [6.07, 6.45) is 1.00. The molecule has 0 aromatic rings. The molecular weight excluding hydrogens is 201 g/mol. The van der Waals surface area contributed by atoms with Gasteiger partial charge in [0, 0.05) is 5.54 Å². The predicted octanol–water partition coefficient (Wildman–Crippen LogP) is -2.15. The van der Waals surface area contributed by atoms with E-state index in [1.54, 1.807) is 0 Å². The van der Waals surface area contributed by atoms with Gasteiger partial charge in [-0.05, 0) is 13.8 Å². The molecule has 0 atom stereocenters. The third-order valence-electron chi connectivity index (χ3n) is 0.554. The van der Waals surface area contributed by atoms with Gasteiger partial charge < -0.3 is 12.7 Å². The average Bonchev–Trinajstić information content (AvgIpc) is 1.53. The molecular formula is C7H18NNaO3S. The molecule has 0 aliphatic carbocycles. The molecule has 0 aliphatic heterocycles. The summed E-state index contributed by atoms with van der Waals surface area (Å²) in [6, 6.07) is 0. The maximum atomic E-state index is 10.1. The second-order valence-corrected chi connectivity index (χ2v) is 4.67. The van der Waals surface area contributed by atoms with Crippen molar-refractivity contribution in [3.05, 3.63) is 6.92 Å². The zero-order chi connectivity index (χ0) is 10.4. The zero-order valence-corrected chi connectivity index (χ0v) is 11.7. The monoisotopic (exact) mass is 219 g/mol. The van der Waals surface area contributed by atoms with Crippen molar-refractivity contribution in [1.29, 1.82) is 0 Å². The van der Waals surface area contributed by atoms with Crippen molar-refractivity contribution in [2.45, 2.75) is 32.7 Å². The first-order valence-electron chi connectivity index (χ1n) is 3.65. The minimum absolute atomic E-state index is 0. The second kappa shape index (κ2) is 8.20. The van der Waals surface area contributed by atoms with Crippen LogP contribution in [0.2, 0.25) is 0 Å². The van der Waals surface area contributed by atoms with Crippen LogP contribution in [0.3, 0.4) is 0 Å². The minimum Gasteiger partial charge on any atom is -0.344 e. The van der Waals surface area contributed by atoms with Crippen LogP contribution in [0.15, 0.2) is 0 Å². The first kappa shape index (κ1) is 19.4. The zero-order valence-electron chi connectivity index (χ0n) is 8.87. The summed E-state index contributed by atoms with van der Waals surface area (Å²) in [5, 5.41) is 0. The number of rotatable bonds is 2. The topological polar surface area (TPSA) is 80.4 Å². The van der Waals surface area contributed by atoms with E-state index in [1.807, 2.05) is 6.92 Å². The van der Waals surface area contributed by atoms with Crippen LogP contribution in [0, 0.1) is 6.92 Å². The first-order chi connectivity index (χ1) is 5.12. The van der Waals surface area contributed by atoms with Gasteiger partial charge in [-0.3, -0.25) is 4.55 Å². The van der Waals surface area contributed by atoms with Gasteiger partial charge in [0.15, 0.2) is 0 Å². The van der Waals surface area contributed by atoms with E-state index >= 15 is 0 Å². The molecule has 0 rings (SSSR count). The molecule has 0 aromatic heterocycles. The Morgan fingerprint density at radius 3 is 1.69 bits per heavy atom. The Balaban J connectivity index is -0.000000220.